The van der Waals surface area contributed by atoms with E-state index in [0.717, 1.165) is 30.5 Å². The highest BCUT2D eigenvalue weighted by Crippen LogP contribution is 2.30. The smallest absolute Gasteiger partial charge is 0.350 e. The number of carbonyl (C=O) groups excluding carboxylic acids is 1. The molecule has 1 unspecified atom stereocenters. The molecule has 0 fully saturated rings. The van der Waals surface area contributed by atoms with E-state index in [9.17, 15) is 18.0 Å². The third-order valence-corrected chi connectivity index (χ3v) is 4.85. The summed E-state index contributed by atoms with van der Waals surface area (Å²) in [5, 5.41) is 2.98. The lowest BCUT2D eigenvalue weighted by molar-refractivity contribution is -0.137. The summed E-state index contributed by atoms with van der Waals surface area (Å²) >= 11 is 0. The van der Waals surface area contributed by atoms with Crippen LogP contribution < -0.4 is 5.32 Å². The number of benzene rings is 2. The van der Waals surface area contributed by atoms with E-state index in [1.807, 2.05) is 19.1 Å². The molecule has 0 spiro atoms. The number of allylic oxidation sites excluding steroid dienone is 1. The lowest BCUT2D eigenvalue weighted by Crippen LogP contribution is -2.27. The second-order valence-electron chi connectivity index (χ2n) is 6.84. The quantitative estimate of drug-likeness (QED) is 0.739. The molecule has 0 saturated heterocycles. The lowest BCUT2D eigenvalue weighted by atomic mass is 9.90. The Morgan fingerprint density at radius 3 is 2.74 bits per heavy atom. The minimum absolute atomic E-state index is 0.138. The van der Waals surface area contributed by atoms with Gasteiger partial charge in [0.15, 0.2) is 0 Å². The molecule has 5 heteroatoms. The van der Waals surface area contributed by atoms with Crippen LogP contribution in [0.2, 0.25) is 0 Å². The number of carbonyl (C=O) groups is 1. The highest BCUT2D eigenvalue weighted by molar-refractivity contribution is 5.77. The molecule has 0 heterocycles. The van der Waals surface area contributed by atoms with Gasteiger partial charge >= 0.3 is 6.18 Å². The van der Waals surface area contributed by atoms with Gasteiger partial charge in [0.1, 0.15) is 0 Å². The van der Waals surface area contributed by atoms with Crippen LogP contribution in [0.25, 0.3) is 6.08 Å². The first-order valence-electron chi connectivity index (χ1n) is 9.08. The summed E-state index contributed by atoms with van der Waals surface area (Å²) in [4.78, 5) is 12.3. The first kappa shape index (κ1) is 19.2. The molecule has 1 atom stereocenters. The van der Waals surface area contributed by atoms with Crippen molar-refractivity contribution in [3.63, 3.8) is 0 Å². The number of fused-ring (bicyclic) bond motifs is 1. The fraction of sp³-hybridized carbons (Fsp3) is 0.318. The zero-order valence-corrected chi connectivity index (χ0v) is 15.1. The molecule has 2 nitrogen and oxygen atoms in total. The maximum absolute atomic E-state index is 12.8. The normalized spacial score (nSPS) is 14.5. The molecular formula is C22H22F3NO. The van der Waals surface area contributed by atoms with Crippen molar-refractivity contribution in [1.29, 1.82) is 0 Å². The Hall–Kier alpha value is -2.56. The fourth-order valence-electron chi connectivity index (χ4n) is 3.46. The predicted octanol–water partition coefficient (Wildman–Crippen LogP) is 5.47. The molecule has 2 aromatic rings. The van der Waals surface area contributed by atoms with Crippen molar-refractivity contribution in [1.82, 2.24) is 5.32 Å². The summed E-state index contributed by atoms with van der Waals surface area (Å²) in [6.45, 7) is 1.94. The van der Waals surface area contributed by atoms with Gasteiger partial charge in [-0.05, 0) is 54.5 Å². The number of nitrogens with one attached hydrogen (secondary N) is 1. The molecule has 0 aromatic heterocycles. The number of hydrogen-bond donors (Lipinski definition) is 1. The van der Waals surface area contributed by atoms with Crippen molar-refractivity contribution in [2.75, 3.05) is 0 Å². The third kappa shape index (κ3) is 4.79. The third-order valence-electron chi connectivity index (χ3n) is 4.85. The Balaban J connectivity index is 1.61. The molecule has 3 rings (SSSR count). The number of aryl methyl sites for hydroxylation is 1. The summed E-state index contributed by atoms with van der Waals surface area (Å²) in [5.41, 5.74) is 3.37. The van der Waals surface area contributed by atoms with Gasteiger partial charge in [0, 0.05) is 6.42 Å². The van der Waals surface area contributed by atoms with Crippen molar-refractivity contribution in [2.24, 2.45) is 0 Å². The summed E-state index contributed by atoms with van der Waals surface area (Å²) in [6, 6.07) is 11.1. The molecule has 1 aliphatic rings. The van der Waals surface area contributed by atoms with Crippen LogP contribution in [0.1, 0.15) is 53.6 Å². The molecule has 1 aliphatic carbocycles. The SMILES string of the molecule is CC(NC(=O)CCc1cccc(C(F)(F)F)c1)c1cccc2c1CCC=C2. The average molecular weight is 373 g/mol. The number of alkyl halides is 3. The number of amides is 1. The van der Waals surface area contributed by atoms with Gasteiger partial charge in [-0.1, -0.05) is 48.6 Å². The van der Waals surface area contributed by atoms with Gasteiger partial charge < -0.3 is 5.32 Å². The fourth-order valence-corrected chi connectivity index (χ4v) is 3.46. The summed E-state index contributed by atoms with van der Waals surface area (Å²) < 4.78 is 38.3. The number of hydrogen-bond acceptors (Lipinski definition) is 1. The van der Waals surface area contributed by atoms with Crippen LogP contribution in [0, 0.1) is 0 Å². The van der Waals surface area contributed by atoms with Crippen molar-refractivity contribution >= 4 is 12.0 Å². The van der Waals surface area contributed by atoms with Crippen LogP contribution in [0.4, 0.5) is 13.2 Å². The summed E-state index contributed by atoms with van der Waals surface area (Å²) in [7, 11) is 0. The Bertz CT molecular complexity index is 855. The Kier molecular flexibility index (Phi) is 5.68. The van der Waals surface area contributed by atoms with Gasteiger partial charge in [0.2, 0.25) is 5.91 Å². The van der Waals surface area contributed by atoms with Gasteiger partial charge in [-0.3, -0.25) is 4.79 Å². The van der Waals surface area contributed by atoms with E-state index < -0.39 is 11.7 Å². The van der Waals surface area contributed by atoms with Gasteiger partial charge in [0.05, 0.1) is 11.6 Å². The first-order valence-corrected chi connectivity index (χ1v) is 9.08. The van der Waals surface area contributed by atoms with Crippen LogP contribution in [0.15, 0.2) is 48.5 Å². The highest BCUT2D eigenvalue weighted by Gasteiger charge is 2.30. The van der Waals surface area contributed by atoms with Crippen molar-refractivity contribution in [3.8, 4) is 0 Å². The van der Waals surface area contributed by atoms with E-state index in [2.05, 4.69) is 23.5 Å². The summed E-state index contributed by atoms with van der Waals surface area (Å²) in [6.07, 6.45) is 2.24. The Labute approximate surface area is 157 Å². The minimum atomic E-state index is -4.37. The molecule has 0 aliphatic heterocycles. The summed E-state index contributed by atoms with van der Waals surface area (Å²) in [5.74, 6) is -0.163. The van der Waals surface area contributed by atoms with Crippen LogP contribution in [-0.2, 0) is 23.8 Å². The topological polar surface area (TPSA) is 29.1 Å². The van der Waals surface area contributed by atoms with Crippen molar-refractivity contribution in [3.05, 3.63) is 76.4 Å². The van der Waals surface area contributed by atoms with Crippen LogP contribution >= 0.6 is 0 Å². The molecular weight excluding hydrogens is 351 g/mol. The Morgan fingerprint density at radius 1 is 1.19 bits per heavy atom. The van der Waals surface area contributed by atoms with E-state index >= 15 is 0 Å². The number of rotatable bonds is 5. The molecule has 2 aromatic carbocycles. The highest BCUT2D eigenvalue weighted by atomic mass is 19.4. The van der Waals surface area contributed by atoms with Crippen molar-refractivity contribution in [2.45, 2.75) is 44.8 Å². The van der Waals surface area contributed by atoms with Crippen LogP contribution in [-0.4, -0.2) is 5.91 Å². The maximum Gasteiger partial charge on any atom is 0.416 e. The van der Waals surface area contributed by atoms with E-state index in [4.69, 9.17) is 0 Å². The zero-order valence-electron chi connectivity index (χ0n) is 15.1. The van der Waals surface area contributed by atoms with Gasteiger partial charge in [-0.2, -0.15) is 13.2 Å². The molecule has 0 radical (unpaired) electrons. The van der Waals surface area contributed by atoms with Gasteiger partial charge in [0.25, 0.3) is 0 Å². The predicted molar refractivity (Wildman–Crippen MR) is 100 cm³/mol. The van der Waals surface area contributed by atoms with Gasteiger partial charge in [-0.25, -0.2) is 0 Å². The second kappa shape index (κ2) is 7.99. The van der Waals surface area contributed by atoms with E-state index in [1.54, 1.807) is 6.07 Å². The second-order valence-corrected chi connectivity index (χ2v) is 6.84. The van der Waals surface area contributed by atoms with Crippen LogP contribution in [0.3, 0.4) is 0 Å². The average Bonchev–Trinajstić information content (AvgIpc) is 2.65. The van der Waals surface area contributed by atoms with Crippen molar-refractivity contribution < 1.29 is 18.0 Å². The molecule has 0 saturated carbocycles. The molecule has 27 heavy (non-hydrogen) atoms. The molecule has 1 amide bonds. The van der Waals surface area contributed by atoms with Crippen LogP contribution in [0.5, 0.6) is 0 Å². The standard InChI is InChI=1S/C22H22F3NO/c1-15(19-11-5-8-17-7-2-3-10-20(17)19)26-21(27)13-12-16-6-4-9-18(14-16)22(23,24)25/h2,4-9,11,14-15H,3,10,12-13H2,1H3,(H,26,27). The largest absolute Gasteiger partial charge is 0.416 e. The van der Waals surface area contributed by atoms with E-state index in [-0.39, 0.29) is 24.8 Å². The van der Waals surface area contributed by atoms with E-state index in [0.29, 0.717) is 5.56 Å². The van der Waals surface area contributed by atoms with E-state index in [1.165, 1.54) is 17.2 Å². The molecule has 0 bridgehead atoms. The zero-order chi connectivity index (χ0) is 19.4. The van der Waals surface area contributed by atoms with Gasteiger partial charge in [-0.15, -0.1) is 0 Å². The Morgan fingerprint density at radius 2 is 1.96 bits per heavy atom. The lowest BCUT2D eigenvalue weighted by Gasteiger charge is -2.21. The minimum Gasteiger partial charge on any atom is -0.350 e. The molecule has 1 N–H and O–H groups in total. The number of halogens is 3. The molecule has 142 valence electrons. The maximum atomic E-state index is 12.8. The monoisotopic (exact) mass is 373 g/mol. The first-order chi connectivity index (χ1) is 12.8.